The van der Waals surface area contributed by atoms with E-state index in [1.165, 1.54) is 38.5 Å². The maximum absolute atomic E-state index is 8.85. The van der Waals surface area contributed by atoms with Crippen LogP contribution in [0.2, 0.25) is 0 Å². The summed E-state index contributed by atoms with van der Waals surface area (Å²) in [6.07, 6.45) is 15.4. The van der Waals surface area contributed by atoms with Crippen LogP contribution in [-0.4, -0.2) is 37.0 Å². The van der Waals surface area contributed by atoms with Gasteiger partial charge in [0.2, 0.25) is 0 Å². The maximum Gasteiger partial charge on any atom is 0.160 e. The number of unbranched alkanes of at least 4 members (excludes halogenated alkanes) is 2. The smallest absolute Gasteiger partial charge is 0.160 e. The van der Waals surface area contributed by atoms with Gasteiger partial charge in [-0.2, -0.15) is 0 Å². The van der Waals surface area contributed by atoms with Gasteiger partial charge in [-0.25, -0.2) is 0 Å². The molecule has 0 amide bonds. The van der Waals surface area contributed by atoms with Crippen LogP contribution in [0.1, 0.15) is 71.1 Å². The van der Waals surface area contributed by atoms with E-state index in [9.17, 15) is 0 Å². The molecule has 0 saturated carbocycles. The van der Waals surface area contributed by atoms with Gasteiger partial charge in [-0.05, 0) is 51.4 Å². The molecule has 2 aliphatic rings. The van der Waals surface area contributed by atoms with Crippen molar-refractivity contribution in [2.24, 2.45) is 0 Å². The van der Waals surface area contributed by atoms with Crippen molar-refractivity contribution in [3.05, 3.63) is 0 Å². The molecule has 0 aromatic heterocycles. The van der Waals surface area contributed by atoms with Gasteiger partial charge in [-0.3, -0.25) is 0 Å². The first kappa shape index (κ1) is 19.4. The Bertz CT molecular complexity index is 272. The topological polar surface area (TPSA) is 47.9 Å². The molecule has 0 aromatic rings. The molecule has 2 fully saturated rings. The average Bonchev–Trinajstić information content (AvgIpc) is 2.57. The second-order valence-electron chi connectivity index (χ2n) is 5.91. The lowest BCUT2D eigenvalue weighted by Gasteiger charge is -2.29. The highest BCUT2D eigenvalue weighted by Gasteiger charge is 2.21. The fourth-order valence-electron chi connectivity index (χ4n) is 2.48. The van der Waals surface area contributed by atoms with E-state index in [2.05, 4.69) is 12.8 Å². The highest BCUT2D eigenvalue weighted by atomic mass is 16.8. The summed E-state index contributed by atoms with van der Waals surface area (Å²) in [7, 11) is 0. The fraction of sp³-hybridized carbons (Fsp3) is 0.889. The Morgan fingerprint density at radius 1 is 1.09 bits per heavy atom. The molecular formula is C18H32O4. The zero-order valence-corrected chi connectivity index (χ0v) is 14.0. The van der Waals surface area contributed by atoms with Crippen LogP contribution in [0.15, 0.2) is 0 Å². The number of terminal acetylenes is 1. The van der Waals surface area contributed by atoms with Gasteiger partial charge in [0, 0.05) is 13.2 Å². The Labute approximate surface area is 135 Å². The van der Waals surface area contributed by atoms with E-state index in [-0.39, 0.29) is 12.6 Å². The summed E-state index contributed by atoms with van der Waals surface area (Å²) in [6, 6.07) is 0. The summed E-state index contributed by atoms with van der Waals surface area (Å²) in [5.74, 6) is 2.28. The lowest BCUT2D eigenvalue weighted by Crippen LogP contribution is -2.31. The van der Waals surface area contributed by atoms with Gasteiger partial charge in [-0.1, -0.05) is 25.7 Å². The molecule has 1 N–H and O–H groups in total. The Balaban J connectivity index is 0.000000239. The SMILES string of the molecule is C#CC(O)CCCCC.C1CCC(OC2CCCCO2)OC1. The quantitative estimate of drug-likeness (QED) is 0.601. The minimum atomic E-state index is -0.517. The Morgan fingerprint density at radius 3 is 2.09 bits per heavy atom. The molecule has 2 heterocycles. The second-order valence-corrected chi connectivity index (χ2v) is 5.91. The van der Waals surface area contributed by atoms with Crippen LogP contribution in [0, 0.1) is 12.3 Å². The van der Waals surface area contributed by atoms with Crippen LogP contribution in [0.3, 0.4) is 0 Å². The molecule has 0 spiro atoms. The molecule has 0 radical (unpaired) electrons. The number of ether oxygens (including phenoxy) is 3. The zero-order valence-electron chi connectivity index (χ0n) is 14.0. The van der Waals surface area contributed by atoms with Crippen LogP contribution in [-0.2, 0) is 14.2 Å². The highest BCUT2D eigenvalue weighted by Crippen LogP contribution is 2.20. The summed E-state index contributed by atoms with van der Waals surface area (Å²) in [5, 5.41) is 8.85. The lowest BCUT2D eigenvalue weighted by molar-refractivity contribution is -0.264. The molecule has 128 valence electrons. The molecule has 0 aliphatic carbocycles. The number of aliphatic hydroxyl groups excluding tert-OH is 1. The van der Waals surface area contributed by atoms with Crippen molar-refractivity contribution < 1.29 is 19.3 Å². The van der Waals surface area contributed by atoms with Crippen LogP contribution in [0.5, 0.6) is 0 Å². The van der Waals surface area contributed by atoms with Gasteiger partial charge >= 0.3 is 0 Å². The van der Waals surface area contributed by atoms with E-state index in [0.717, 1.165) is 38.9 Å². The molecule has 4 heteroatoms. The van der Waals surface area contributed by atoms with Crippen molar-refractivity contribution >= 4 is 0 Å². The molecule has 22 heavy (non-hydrogen) atoms. The standard InChI is InChI=1S/C10H18O3.C8H14O/c1-3-7-11-9(5-1)13-10-6-2-4-8-12-10;1-3-5-6-7-8(9)4-2/h9-10H,1-8H2;2,8-9H,3,5-7H2,1H3. The Hall–Kier alpha value is -0.600. The summed E-state index contributed by atoms with van der Waals surface area (Å²) in [5.41, 5.74) is 0. The normalized spacial score (nSPS) is 26.4. The average molecular weight is 312 g/mol. The van der Waals surface area contributed by atoms with E-state index >= 15 is 0 Å². The van der Waals surface area contributed by atoms with Crippen molar-refractivity contribution in [2.75, 3.05) is 13.2 Å². The molecule has 0 aromatic carbocycles. The third-order valence-corrected chi connectivity index (χ3v) is 3.85. The monoisotopic (exact) mass is 312 g/mol. The predicted octanol–water partition coefficient (Wildman–Crippen LogP) is 3.62. The lowest BCUT2D eigenvalue weighted by atomic mass is 10.1. The van der Waals surface area contributed by atoms with Crippen molar-refractivity contribution in [1.29, 1.82) is 0 Å². The number of hydrogen-bond donors (Lipinski definition) is 1. The Kier molecular flexibility index (Phi) is 11.4. The van der Waals surface area contributed by atoms with E-state index in [1.54, 1.807) is 0 Å². The van der Waals surface area contributed by atoms with E-state index in [1.807, 2.05) is 0 Å². The van der Waals surface area contributed by atoms with Gasteiger partial charge in [0.1, 0.15) is 6.10 Å². The first-order valence-corrected chi connectivity index (χ1v) is 8.79. The molecule has 2 rings (SSSR count). The van der Waals surface area contributed by atoms with Crippen molar-refractivity contribution in [1.82, 2.24) is 0 Å². The first-order valence-electron chi connectivity index (χ1n) is 8.79. The fourth-order valence-corrected chi connectivity index (χ4v) is 2.48. The van der Waals surface area contributed by atoms with Gasteiger partial charge < -0.3 is 19.3 Å². The van der Waals surface area contributed by atoms with Crippen LogP contribution >= 0.6 is 0 Å². The number of hydrogen-bond acceptors (Lipinski definition) is 4. The second kappa shape index (κ2) is 12.9. The minimum Gasteiger partial charge on any atom is -0.380 e. The summed E-state index contributed by atoms with van der Waals surface area (Å²) >= 11 is 0. The highest BCUT2D eigenvalue weighted by molar-refractivity contribution is 4.92. The predicted molar refractivity (Wildman–Crippen MR) is 87.2 cm³/mol. The van der Waals surface area contributed by atoms with Crippen molar-refractivity contribution in [2.45, 2.75) is 89.8 Å². The van der Waals surface area contributed by atoms with Gasteiger partial charge in [-0.15, -0.1) is 6.42 Å². The minimum absolute atomic E-state index is 0.00292. The summed E-state index contributed by atoms with van der Waals surface area (Å²) in [6.45, 7) is 3.82. The van der Waals surface area contributed by atoms with E-state index < -0.39 is 6.10 Å². The first-order chi connectivity index (χ1) is 10.8. The molecule has 4 nitrogen and oxygen atoms in total. The molecule has 2 aliphatic heterocycles. The molecule has 0 bridgehead atoms. The van der Waals surface area contributed by atoms with Gasteiger partial charge in [0.05, 0.1) is 0 Å². The summed E-state index contributed by atoms with van der Waals surface area (Å²) < 4.78 is 16.6. The third-order valence-electron chi connectivity index (χ3n) is 3.85. The third kappa shape index (κ3) is 9.42. The van der Waals surface area contributed by atoms with E-state index in [0.29, 0.717) is 0 Å². The van der Waals surface area contributed by atoms with Crippen LogP contribution in [0.4, 0.5) is 0 Å². The van der Waals surface area contributed by atoms with Gasteiger partial charge in [0.25, 0.3) is 0 Å². The van der Waals surface area contributed by atoms with E-state index in [4.69, 9.17) is 25.7 Å². The summed E-state index contributed by atoms with van der Waals surface area (Å²) in [4.78, 5) is 0. The van der Waals surface area contributed by atoms with Crippen LogP contribution in [0.25, 0.3) is 0 Å². The molecule has 3 unspecified atom stereocenters. The largest absolute Gasteiger partial charge is 0.380 e. The molecule has 2 saturated heterocycles. The number of rotatable bonds is 6. The molecular weight excluding hydrogens is 280 g/mol. The van der Waals surface area contributed by atoms with Crippen molar-refractivity contribution in [3.63, 3.8) is 0 Å². The Morgan fingerprint density at radius 2 is 1.68 bits per heavy atom. The van der Waals surface area contributed by atoms with Gasteiger partial charge in [0.15, 0.2) is 12.6 Å². The molecule has 3 atom stereocenters. The van der Waals surface area contributed by atoms with Crippen LogP contribution < -0.4 is 0 Å². The number of aliphatic hydroxyl groups is 1. The zero-order chi connectivity index (χ0) is 16.0. The van der Waals surface area contributed by atoms with Crippen molar-refractivity contribution in [3.8, 4) is 12.3 Å². The maximum atomic E-state index is 8.85.